The van der Waals surface area contributed by atoms with E-state index in [4.69, 9.17) is 11.5 Å². The van der Waals surface area contributed by atoms with E-state index in [1.165, 1.54) is 24.1 Å². The summed E-state index contributed by atoms with van der Waals surface area (Å²) in [5.74, 6) is -4.36. The van der Waals surface area contributed by atoms with Gasteiger partial charge in [0, 0.05) is 44.2 Å². The third-order valence-corrected chi connectivity index (χ3v) is 8.04. The molecule has 0 saturated carbocycles. The van der Waals surface area contributed by atoms with Gasteiger partial charge in [-0.25, -0.2) is 0 Å². The molecule has 6 amide bonds. The van der Waals surface area contributed by atoms with Crippen LogP contribution in [0.15, 0.2) is 35.5 Å². The van der Waals surface area contributed by atoms with Crippen LogP contribution >= 0.6 is 0 Å². The van der Waals surface area contributed by atoms with E-state index < -0.39 is 60.1 Å². The molecular weight excluding hydrogens is 646 g/mol. The van der Waals surface area contributed by atoms with Gasteiger partial charge in [-0.1, -0.05) is 46.6 Å². The van der Waals surface area contributed by atoms with Crippen molar-refractivity contribution in [2.45, 2.75) is 96.8 Å². The maximum atomic E-state index is 13.9. The molecule has 50 heavy (non-hydrogen) atoms. The van der Waals surface area contributed by atoms with Gasteiger partial charge in [-0.15, -0.1) is 0 Å². The summed E-state index contributed by atoms with van der Waals surface area (Å²) in [4.78, 5) is 85.0. The molecular formula is C34H53N9O7. The quantitative estimate of drug-likeness (QED) is 0.0630. The van der Waals surface area contributed by atoms with Crippen LogP contribution in [0.5, 0.6) is 0 Å². The van der Waals surface area contributed by atoms with Gasteiger partial charge in [0.25, 0.3) is 5.91 Å². The number of aliphatic hydroxyl groups excluding tert-OH is 1. The van der Waals surface area contributed by atoms with Crippen molar-refractivity contribution in [3.05, 3.63) is 41.7 Å². The van der Waals surface area contributed by atoms with Gasteiger partial charge in [-0.2, -0.15) is 0 Å². The Morgan fingerprint density at radius 2 is 1.72 bits per heavy atom. The molecule has 16 heteroatoms. The van der Waals surface area contributed by atoms with E-state index in [0.29, 0.717) is 24.1 Å². The van der Waals surface area contributed by atoms with Crippen molar-refractivity contribution in [1.29, 1.82) is 0 Å². The number of hydrogen-bond acceptors (Lipinski definition) is 8. The van der Waals surface area contributed by atoms with Crippen molar-refractivity contribution in [3.63, 3.8) is 0 Å². The predicted octanol–water partition coefficient (Wildman–Crippen LogP) is 0.923. The third kappa shape index (κ3) is 13.8. The van der Waals surface area contributed by atoms with E-state index in [-0.39, 0.29) is 55.5 Å². The molecule has 1 aromatic rings. The number of anilines is 1. The van der Waals surface area contributed by atoms with Crippen molar-refractivity contribution in [3.8, 4) is 0 Å². The molecule has 0 spiro atoms. The normalized spacial score (nSPS) is 19.3. The van der Waals surface area contributed by atoms with Gasteiger partial charge < -0.3 is 48.1 Å². The summed E-state index contributed by atoms with van der Waals surface area (Å²) in [6.07, 6.45) is 4.02. The number of guanidine groups is 1. The lowest BCUT2D eigenvalue weighted by Crippen LogP contribution is -2.57. The molecule has 0 aliphatic carbocycles. The van der Waals surface area contributed by atoms with Crippen molar-refractivity contribution >= 4 is 47.1 Å². The summed E-state index contributed by atoms with van der Waals surface area (Å²) in [6.45, 7) is 8.50. The van der Waals surface area contributed by atoms with Crippen LogP contribution in [0, 0.1) is 5.92 Å². The second-order valence-electron chi connectivity index (χ2n) is 12.7. The first-order valence-electron chi connectivity index (χ1n) is 16.9. The highest BCUT2D eigenvalue weighted by atomic mass is 16.3. The molecule has 1 aliphatic heterocycles. The minimum absolute atomic E-state index is 0.111. The molecule has 0 unspecified atom stereocenters. The largest absolute Gasteiger partial charge is 0.513 e. The van der Waals surface area contributed by atoms with E-state index in [0.717, 1.165) is 19.3 Å². The molecule has 10 N–H and O–H groups in total. The molecule has 2 bridgehead atoms. The number of unbranched alkanes of at least 4 members (excludes halogenated alkanes) is 3. The minimum Gasteiger partial charge on any atom is -0.513 e. The summed E-state index contributed by atoms with van der Waals surface area (Å²) in [6, 6.07) is 1.21. The second kappa shape index (κ2) is 20.4. The van der Waals surface area contributed by atoms with E-state index in [9.17, 15) is 33.9 Å². The Kier molecular flexibility index (Phi) is 16.7. The predicted molar refractivity (Wildman–Crippen MR) is 190 cm³/mol. The number of fused-ring (bicyclic) bond motifs is 2. The van der Waals surface area contributed by atoms with Crippen LogP contribution in [0.2, 0.25) is 0 Å². The van der Waals surface area contributed by atoms with Gasteiger partial charge in [0.1, 0.15) is 18.1 Å². The SMILES string of the molecule is C=C(O)C[C@@H]1NC(=O)CNC(=O)[C@H](CCCN=C(N)N)N(C)C(=O)[C@@H](C(C)C)NC(=O)c2cc(cc(NC(=O)CCCCCC)c2)CNC1=O. The Hall–Kier alpha value is -5.15. The van der Waals surface area contributed by atoms with Gasteiger partial charge in [0.05, 0.1) is 12.3 Å². The number of hydrogen-bond donors (Lipinski definition) is 8. The lowest BCUT2D eigenvalue weighted by atomic mass is 9.99. The number of nitrogens with two attached hydrogens (primary N) is 2. The number of carbonyl (C=O) groups excluding carboxylic acids is 6. The van der Waals surface area contributed by atoms with Crippen LogP contribution in [0.1, 0.15) is 88.1 Å². The number of aliphatic hydroxyl groups is 1. The highest BCUT2D eigenvalue weighted by Gasteiger charge is 2.34. The maximum Gasteiger partial charge on any atom is 0.252 e. The summed E-state index contributed by atoms with van der Waals surface area (Å²) < 4.78 is 0. The van der Waals surface area contributed by atoms with E-state index in [2.05, 4.69) is 45.1 Å². The molecule has 0 aromatic heterocycles. The summed E-state index contributed by atoms with van der Waals surface area (Å²) in [7, 11) is 1.43. The van der Waals surface area contributed by atoms with Gasteiger partial charge in [-0.3, -0.25) is 33.8 Å². The fourth-order valence-electron chi connectivity index (χ4n) is 5.33. The average molecular weight is 700 g/mol. The van der Waals surface area contributed by atoms with Gasteiger partial charge in [0.2, 0.25) is 29.5 Å². The van der Waals surface area contributed by atoms with Crippen LogP contribution in [-0.2, 0) is 30.5 Å². The number of amides is 6. The molecule has 1 heterocycles. The lowest BCUT2D eigenvalue weighted by Gasteiger charge is -2.32. The summed E-state index contributed by atoms with van der Waals surface area (Å²) >= 11 is 0. The topological polar surface area (TPSA) is 250 Å². The Morgan fingerprint density at radius 3 is 2.36 bits per heavy atom. The first-order chi connectivity index (χ1) is 23.6. The molecule has 16 nitrogen and oxygen atoms in total. The molecule has 3 atom stereocenters. The molecule has 2 rings (SSSR count). The smallest absolute Gasteiger partial charge is 0.252 e. The monoisotopic (exact) mass is 699 g/mol. The number of likely N-dealkylation sites (N-methyl/N-ethyl adjacent to an activating group) is 1. The van der Waals surface area contributed by atoms with E-state index in [1.54, 1.807) is 19.9 Å². The first kappa shape index (κ1) is 41.0. The maximum absolute atomic E-state index is 13.9. The van der Waals surface area contributed by atoms with Crippen molar-refractivity contribution < 1.29 is 33.9 Å². The number of aliphatic imine (C=N–C) groups is 1. The number of rotatable bonds is 13. The minimum atomic E-state index is -1.25. The molecule has 0 radical (unpaired) electrons. The Balaban J connectivity index is 2.55. The lowest BCUT2D eigenvalue weighted by molar-refractivity contribution is -0.141. The van der Waals surface area contributed by atoms with E-state index in [1.807, 2.05) is 0 Å². The molecule has 276 valence electrons. The highest BCUT2D eigenvalue weighted by molar-refractivity contribution is 6.00. The van der Waals surface area contributed by atoms with Crippen LogP contribution in [0.3, 0.4) is 0 Å². The zero-order chi connectivity index (χ0) is 37.4. The Labute approximate surface area is 293 Å². The van der Waals surface area contributed by atoms with Gasteiger partial charge in [0.15, 0.2) is 5.96 Å². The summed E-state index contributed by atoms with van der Waals surface area (Å²) in [5, 5.41) is 23.1. The molecule has 0 fully saturated rings. The van der Waals surface area contributed by atoms with Crippen LogP contribution in [0.25, 0.3) is 0 Å². The fraction of sp³-hybridized carbons (Fsp3) is 0.559. The molecule has 0 saturated heterocycles. The molecule has 1 aliphatic rings. The van der Waals surface area contributed by atoms with Gasteiger partial charge in [-0.05, 0) is 48.9 Å². The second-order valence-corrected chi connectivity index (χ2v) is 12.7. The number of carbonyl (C=O) groups is 6. The Bertz CT molecular complexity index is 1430. The van der Waals surface area contributed by atoms with Crippen molar-refractivity contribution in [2.75, 3.05) is 25.5 Å². The highest BCUT2D eigenvalue weighted by Crippen LogP contribution is 2.19. The standard InChI is InChI=1S/C34H53N9O7/c1-6-7-8-9-12-27(45)40-24-16-22-15-23(17-24)30(47)42-29(20(2)3)33(50)43(5)26(11-10-13-37-34(35)36)32(49)39-19-28(46)41-25(14-21(4)44)31(48)38-18-22/h15-17,20,25-26,29,44H,4,6-14,18-19H2,1-3,5H3,(H,38,48)(H,39,49)(H,40,45)(H,41,46)(H,42,47)(H4,35,36,37)/t25-,26-,29+/m0/s1. The van der Waals surface area contributed by atoms with Crippen molar-refractivity contribution in [1.82, 2.24) is 26.2 Å². The number of nitrogens with one attached hydrogen (secondary N) is 5. The van der Waals surface area contributed by atoms with Crippen molar-refractivity contribution in [2.24, 2.45) is 22.4 Å². The first-order valence-corrected chi connectivity index (χ1v) is 16.9. The molecule has 1 aromatic carbocycles. The summed E-state index contributed by atoms with van der Waals surface area (Å²) in [5.41, 5.74) is 11.7. The average Bonchev–Trinajstić information content (AvgIpc) is 3.05. The zero-order valence-corrected chi connectivity index (χ0v) is 29.5. The van der Waals surface area contributed by atoms with Crippen LogP contribution < -0.4 is 38.1 Å². The third-order valence-electron chi connectivity index (χ3n) is 8.04. The van der Waals surface area contributed by atoms with Crippen LogP contribution in [0.4, 0.5) is 5.69 Å². The number of benzene rings is 1. The zero-order valence-electron chi connectivity index (χ0n) is 29.5. The van der Waals surface area contributed by atoms with Gasteiger partial charge >= 0.3 is 0 Å². The number of nitrogens with zero attached hydrogens (tertiary/aromatic N) is 2. The van der Waals surface area contributed by atoms with E-state index >= 15 is 0 Å². The fourth-order valence-corrected chi connectivity index (χ4v) is 5.33. The van der Waals surface area contributed by atoms with Crippen LogP contribution in [-0.4, -0.2) is 89.7 Å². The Morgan fingerprint density at radius 1 is 1.02 bits per heavy atom.